The van der Waals surface area contributed by atoms with Crippen LogP contribution >= 0.6 is 11.8 Å². The highest BCUT2D eigenvalue weighted by atomic mass is 32.2. The van der Waals surface area contributed by atoms with E-state index < -0.39 is 0 Å². The monoisotopic (exact) mass is 245 g/mol. The first kappa shape index (κ1) is 16.3. The van der Waals surface area contributed by atoms with Crippen molar-refractivity contribution in [2.45, 2.75) is 65.8 Å². The van der Waals surface area contributed by atoms with Crippen molar-refractivity contribution in [1.29, 1.82) is 0 Å². The second-order valence-electron chi connectivity index (χ2n) is 5.15. The average molecular weight is 245 g/mol. The van der Waals surface area contributed by atoms with Gasteiger partial charge in [0.2, 0.25) is 0 Å². The van der Waals surface area contributed by atoms with E-state index in [9.17, 15) is 0 Å². The molecule has 0 amide bonds. The normalized spacial score (nSPS) is 13.3. The lowest BCUT2D eigenvalue weighted by molar-refractivity contribution is 0.496. The summed E-state index contributed by atoms with van der Waals surface area (Å²) in [7, 11) is 0. The van der Waals surface area contributed by atoms with Crippen molar-refractivity contribution in [2.75, 3.05) is 18.1 Å². The van der Waals surface area contributed by atoms with Crippen LogP contribution < -0.4 is 5.32 Å². The number of rotatable bonds is 11. The lowest BCUT2D eigenvalue weighted by Gasteiger charge is -2.12. The molecule has 0 aromatic carbocycles. The molecular formula is C14H31NS. The fraction of sp³-hybridized carbons (Fsp3) is 1.00. The number of hydrogen-bond donors (Lipinski definition) is 1. The Morgan fingerprint density at radius 1 is 1.00 bits per heavy atom. The van der Waals surface area contributed by atoms with Gasteiger partial charge in [-0.1, -0.05) is 27.2 Å². The molecule has 0 aromatic rings. The van der Waals surface area contributed by atoms with Crippen LogP contribution in [0.2, 0.25) is 0 Å². The summed E-state index contributed by atoms with van der Waals surface area (Å²) in [6.45, 7) is 10.3. The molecule has 0 aliphatic heterocycles. The molecule has 0 fully saturated rings. The van der Waals surface area contributed by atoms with Gasteiger partial charge in [-0.3, -0.25) is 0 Å². The van der Waals surface area contributed by atoms with E-state index in [0.717, 1.165) is 5.92 Å². The Balaban J connectivity index is 3.08. The SMILES string of the molecule is CCCNC(C)CCCCSCCC(C)C. The Labute approximate surface area is 107 Å². The van der Waals surface area contributed by atoms with Gasteiger partial charge in [-0.05, 0) is 56.6 Å². The van der Waals surface area contributed by atoms with Gasteiger partial charge in [0, 0.05) is 6.04 Å². The molecule has 2 heteroatoms. The van der Waals surface area contributed by atoms with E-state index in [2.05, 4.69) is 44.8 Å². The third kappa shape index (κ3) is 12.4. The highest BCUT2D eigenvalue weighted by Gasteiger charge is 2.00. The lowest BCUT2D eigenvalue weighted by Crippen LogP contribution is -2.26. The number of hydrogen-bond acceptors (Lipinski definition) is 2. The summed E-state index contributed by atoms with van der Waals surface area (Å²) in [5.74, 6) is 3.57. The first-order chi connectivity index (χ1) is 7.66. The lowest BCUT2D eigenvalue weighted by atomic mass is 10.1. The molecular weight excluding hydrogens is 214 g/mol. The van der Waals surface area contributed by atoms with E-state index in [1.165, 1.54) is 50.2 Å². The zero-order valence-corrected chi connectivity index (χ0v) is 12.5. The zero-order chi connectivity index (χ0) is 12.2. The van der Waals surface area contributed by atoms with Gasteiger partial charge in [-0.2, -0.15) is 11.8 Å². The molecule has 0 saturated carbocycles. The number of unbranched alkanes of at least 4 members (excludes halogenated alkanes) is 1. The Morgan fingerprint density at radius 2 is 1.75 bits per heavy atom. The Kier molecular flexibility index (Phi) is 12.0. The van der Waals surface area contributed by atoms with Crippen LogP contribution in [0.4, 0.5) is 0 Å². The molecule has 0 spiro atoms. The van der Waals surface area contributed by atoms with Crippen molar-refractivity contribution in [3.05, 3.63) is 0 Å². The van der Waals surface area contributed by atoms with Crippen LogP contribution in [0.15, 0.2) is 0 Å². The van der Waals surface area contributed by atoms with Crippen molar-refractivity contribution < 1.29 is 0 Å². The number of nitrogens with one attached hydrogen (secondary N) is 1. The van der Waals surface area contributed by atoms with E-state index in [-0.39, 0.29) is 0 Å². The molecule has 0 heterocycles. The zero-order valence-electron chi connectivity index (χ0n) is 11.7. The molecule has 98 valence electrons. The van der Waals surface area contributed by atoms with E-state index in [4.69, 9.17) is 0 Å². The second-order valence-corrected chi connectivity index (χ2v) is 6.37. The van der Waals surface area contributed by atoms with Crippen LogP contribution in [0.3, 0.4) is 0 Å². The van der Waals surface area contributed by atoms with Gasteiger partial charge in [0.1, 0.15) is 0 Å². The molecule has 1 atom stereocenters. The minimum atomic E-state index is 0.709. The molecule has 0 aliphatic rings. The Hall–Kier alpha value is 0.310. The smallest absolute Gasteiger partial charge is 0.00387 e. The molecule has 0 bridgehead atoms. The molecule has 0 aliphatic carbocycles. The average Bonchev–Trinajstić information content (AvgIpc) is 2.24. The molecule has 16 heavy (non-hydrogen) atoms. The first-order valence-electron chi connectivity index (χ1n) is 6.98. The summed E-state index contributed by atoms with van der Waals surface area (Å²) in [5, 5.41) is 3.54. The maximum atomic E-state index is 3.54. The quantitative estimate of drug-likeness (QED) is 0.544. The standard InChI is InChI=1S/C14H31NS/c1-5-10-15-14(4)8-6-7-11-16-12-9-13(2)3/h13-15H,5-12H2,1-4H3. The van der Waals surface area contributed by atoms with Crippen molar-refractivity contribution in [2.24, 2.45) is 5.92 Å². The van der Waals surface area contributed by atoms with Crippen molar-refractivity contribution >= 4 is 11.8 Å². The Morgan fingerprint density at radius 3 is 2.38 bits per heavy atom. The second kappa shape index (κ2) is 11.8. The molecule has 0 saturated heterocycles. The van der Waals surface area contributed by atoms with E-state index in [0.29, 0.717) is 6.04 Å². The molecule has 1 unspecified atom stereocenters. The summed E-state index contributed by atoms with van der Waals surface area (Å²) < 4.78 is 0. The summed E-state index contributed by atoms with van der Waals surface area (Å²) in [5.41, 5.74) is 0. The van der Waals surface area contributed by atoms with Crippen molar-refractivity contribution in [1.82, 2.24) is 5.32 Å². The largest absolute Gasteiger partial charge is 0.314 e. The van der Waals surface area contributed by atoms with E-state index in [1.54, 1.807) is 0 Å². The van der Waals surface area contributed by atoms with Crippen molar-refractivity contribution in [3.63, 3.8) is 0 Å². The van der Waals surface area contributed by atoms with Gasteiger partial charge in [0.15, 0.2) is 0 Å². The third-order valence-electron chi connectivity index (χ3n) is 2.76. The van der Waals surface area contributed by atoms with Crippen LogP contribution in [0, 0.1) is 5.92 Å². The van der Waals surface area contributed by atoms with Crippen LogP contribution in [0.25, 0.3) is 0 Å². The molecule has 1 N–H and O–H groups in total. The highest BCUT2D eigenvalue weighted by molar-refractivity contribution is 7.99. The fourth-order valence-corrected chi connectivity index (χ4v) is 2.82. The third-order valence-corrected chi connectivity index (χ3v) is 3.86. The maximum absolute atomic E-state index is 3.54. The summed E-state index contributed by atoms with van der Waals surface area (Å²) in [6.07, 6.45) is 6.73. The van der Waals surface area contributed by atoms with Gasteiger partial charge < -0.3 is 5.32 Å². The molecule has 0 aromatic heterocycles. The maximum Gasteiger partial charge on any atom is 0.00387 e. The first-order valence-corrected chi connectivity index (χ1v) is 8.13. The van der Waals surface area contributed by atoms with Crippen LogP contribution in [0.5, 0.6) is 0 Å². The van der Waals surface area contributed by atoms with Crippen LogP contribution in [-0.2, 0) is 0 Å². The molecule has 1 nitrogen and oxygen atoms in total. The summed E-state index contributed by atoms with van der Waals surface area (Å²) in [6, 6.07) is 0.709. The predicted octanol–water partition coefficient (Wildman–Crippen LogP) is 4.32. The minimum Gasteiger partial charge on any atom is -0.314 e. The van der Waals surface area contributed by atoms with Gasteiger partial charge >= 0.3 is 0 Å². The fourth-order valence-electron chi connectivity index (χ4n) is 1.57. The van der Waals surface area contributed by atoms with E-state index in [1.807, 2.05) is 0 Å². The van der Waals surface area contributed by atoms with Gasteiger partial charge in [-0.15, -0.1) is 0 Å². The topological polar surface area (TPSA) is 12.0 Å². The van der Waals surface area contributed by atoms with Crippen LogP contribution in [0.1, 0.15) is 59.8 Å². The highest BCUT2D eigenvalue weighted by Crippen LogP contribution is 2.12. The van der Waals surface area contributed by atoms with E-state index >= 15 is 0 Å². The van der Waals surface area contributed by atoms with Gasteiger partial charge in [0.05, 0.1) is 0 Å². The molecule has 0 radical (unpaired) electrons. The van der Waals surface area contributed by atoms with Crippen molar-refractivity contribution in [3.8, 4) is 0 Å². The van der Waals surface area contributed by atoms with Gasteiger partial charge in [0.25, 0.3) is 0 Å². The van der Waals surface area contributed by atoms with Crippen LogP contribution in [-0.4, -0.2) is 24.1 Å². The molecule has 0 rings (SSSR count). The number of thioether (sulfide) groups is 1. The predicted molar refractivity (Wildman–Crippen MR) is 78.4 cm³/mol. The minimum absolute atomic E-state index is 0.709. The Bertz CT molecular complexity index is 137. The summed E-state index contributed by atoms with van der Waals surface area (Å²) >= 11 is 2.13. The summed E-state index contributed by atoms with van der Waals surface area (Å²) in [4.78, 5) is 0. The van der Waals surface area contributed by atoms with Gasteiger partial charge in [-0.25, -0.2) is 0 Å².